The Labute approximate surface area is 115 Å². The molecule has 1 aliphatic heterocycles. The van der Waals surface area contributed by atoms with Crippen LogP contribution in [-0.2, 0) is 4.74 Å². The summed E-state index contributed by atoms with van der Waals surface area (Å²) in [6.07, 6.45) is 4.52. The first-order valence-corrected chi connectivity index (χ1v) is 6.96. The van der Waals surface area contributed by atoms with Gasteiger partial charge in [-0.2, -0.15) is 0 Å². The molecule has 1 aromatic carbocycles. The fraction of sp³-hybridized carbons (Fsp3) is 0.429. The molecule has 1 aromatic rings. The van der Waals surface area contributed by atoms with Crippen molar-refractivity contribution in [3.63, 3.8) is 0 Å². The van der Waals surface area contributed by atoms with Crippen molar-refractivity contribution >= 4 is 15.9 Å². The minimum atomic E-state index is -0.927. The number of hydrogen-bond donors (Lipinski definition) is 1. The molecule has 2 aliphatic rings. The van der Waals surface area contributed by atoms with E-state index in [1.165, 1.54) is 0 Å². The summed E-state index contributed by atoms with van der Waals surface area (Å²) in [7, 11) is 0. The van der Waals surface area contributed by atoms with Crippen LogP contribution in [0.15, 0.2) is 28.8 Å². The van der Waals surface area contributed by atoms with Gasteiger partial charge >= 0.3 is 0 Å². The van der Waals surface area contributed by atoms with Gasteiger partial charge in [-0.05, 0) is 19.1 Å². The van der Waals surface area contributed by atoms with E-state index in [0.29, 0.717) is 18.1 Å². The van der Waals surface area contributed by atoms with Gasteiger partial charge in [0.25, 0.3) is 0 Å². The minimum Gasteiger partial charge on any atom is -0.488 e. The van der Waals surface area contributed by atoms with Crippen LogP contribution in [0.3, 0.4) is 0 Å². The highest BCUT2D eigenvalue weighted by Gasteiger charge is 2.37. The summed E-state index contributed by atoms with van der Waals surface area (Å²) in [5.74, 6) is 1.10. The molecule has 0 saturated carbocycles. The Bertz CT molecular complexity index is 498. The van der Waals surface area contributed by atoms with E-state index < -0.39 is 6.29 Å². The number of hydrogen-bond acceptors (Lipinski definition) is 3. The lowest BCUT2D eigenvalue weighted by Gasteiger charge is -2.16. The van der Waals surface area contributed by atoms with Crippen molar-refractivity contribution in [1.82, 2.24) is 0 Å². The van der Waals surface area contributed by atoms with E-state index in [1.807, 2.05) is 13.0 Å². The second-order valence-electron chi connectivity index (χ2n) is 4.57. The van der Waals surface area contributed by atoms with E-state index in [2.05, 4.69) is 34.1 Å². The molecular formula is C14H15BrO3. The van der Waals surface area contributed by atoms with Crippen molar-refractivity contribution < 1.29 is 14.6 Å². The maximum absolute atomic E-state index is 10.0. The Balaban J connectivity index is 2.04. The molecule has 3 rings (SSSR count). The van der Waals surface area contributed by atoms with Crippen LogP contribution >= 0.6 is 15.9 Å². The lowest BCUT2D eigenvalue weighted by atomic mass is 9.97. The van der Waals surface area contributed by atoms with Gasteiger partial charge < -0.3 is 14.6 Å². The molecule has 0 fully saturated rings. The predicted octanol–water partition coefficient (Wildman–Crippen LogP) is 3.28. The number of rotatable bonds is 3. The molecule has 0 amide bonds. The molecule has 18 heavy (non-hydrogen) atoms. The molecule has 0 saturated heterocycles. The summed E-state index contributed by atoms with van der Waals surface area (Å²) in [5, 5.41) is 10.0. The van der Waals surface area contributed by atoms with Crippen LogP contribution in [0, 0.1) is 0 Å². The van der Waals surface area contributed by atoms with Crippen molar-refractivity contribution in [2.75, 3.05) is 6.61 Å². The molecule has 1 N–H and O–H groups in total. The molecule has 3 nitrogen and oxygen atoms in total. The normalized spacial score (nSPS) is 25.7. The Morgan fingerprint density at radius 3 is 3.17 bits per heavy atom. The van der Waals surface area contributed by atoms with Crippen LogP contribution in [0.1, 0.15) is 36.7 Å². The predicted molar refractivity (Wildman–Crippen MR) is 71.6 cm³/mol. The molecule has 0 spiro atoms. The number of aliphatic hydroxyl groups is 1. The minimum absolute atomic E-state index is 0.182. The first-order chi connectivity index (χ1) is 8.70. The third kappa shape index (κ3) is 1.88. The average Bonchev–Trinajstić information content (AvgIpc) is 2.89. The summed E-state index contributed by atoms with van der Waals surface area (Å²) in [6, 6.07) is 3.93. The van der Waals surface area contributed by atoms with Gasteiger partial charge in [-0.1, -0.05) is 28.1 Å². The van der Waals surface area contributed by atoms with Crippen molar-refractivity contribution in [3.8, 4) is 5.75 Å². The first-order valence-electron chi connectivity index (χ1n) is 6.17. The highest BCUT2D eigenvalue weighted by Crippen LogP contribution is 2.48. The highest BCUT2D eigenvalue weighted by molar-refractivity contribution is 9.10. The molecule has 0 aromatic heterocycles. The average molecular weight is 311 g/mol. The molecular weight excluding hydrogens is 296 g/mol. The largest absolute Gasteiger partial charge is 0.488 e. The molecule has 3 unspecified atom stereocenters. The second-order valence-corrected chi connectivity index (χ2v) is 5.48. The number of fused-ring (bicyclic) bond motifs is 3. The summed E-state index contributed by atoms with van der Waals surface area (Å²) in [5.41, 5.74) is 1.85. The number of ether oxygens (including phenoxy) is 2. The Morgan fingerprint density at radius 2 is 2.39 bits per heavy atom. The zero-order chi connectivity index (χ0) is 12.7. The summed E-state index contributed by atoms with van der Waals surface area (Å²) in [6.45, 7) is 2.33. The molecule has 4 heteroatoms. The summed E-state index contributed by atoms with van der Waals surface area (Å²) in [4.78, 5) is 0. The topological polar surface area (TPSA) is 38.7 Å². The number of aliphatic hydroxyl groups excluding tert-OH is 1. The molecule has 0 radical (unpaired) electrons. The third-order valence-corrected chi connectivity index (χ3v) is 3.90. The van der Waals surface area contributed by atoms with E-state index in [1.54, 1.807) is 0 Å². The maximum atomic E-state index is 10.0. The van der Waals surface area contributed by atoms with Crippen LogP contribution in [0.2, 0.25) is 0 Å². The van der Waals surface area contributed by atoms with Crippen LogP contribution < -0.4 is 4.74 Å². The fourth-order valence-corrected chi connectivity index (χ4v) is 3.15. The van der Waals surface area contributed by atoms with Gasteiger partial charge in [-0.3, -0.25) is 0 Å². The van der Waals surface area contributed by atoms with Gasteiger partial charge in [0, 0.05) is 29.0 Å². The van der Waals surface area contributed by atoms with Crippen molar-refractivity contribution in [2.24, 2.45) is 0 Å². The van der Waals surface area contributed by atoms with E-state index in [4.69, 9.17) is 9.47 Å². The SMILES string of the molecule is CCOC(O)c1cc(Br)cc2c1OC1CC=CC21. The third-order valence-electron chi connectivity index (χ3n) is 3.44. The maximum Gasteiger partial charge on any atom is 0.184 e. The standard InChI is InChI=1S/C14H15BrO3/c1-2-17-14(16)11-7-8(15)6-10-9-4-3-5-12(9)18-13(10)11/h3-4,6-7,9,12,14,16H,2,5H2,1H3. The Kier molecular flexibility index (Phi) is 3.18. The van der Waals surface area contributed by atoms with E-state index in [-0.39, 0.29) is 6.10 Å². The highest BCUT2D eigenvalue weighted by atomic mass is 79.9. The summed E-state index contributed by atoms with van der Waals surface area (Å²) >= 11 is 3.49. The number of benzene rings is 1. The fourth-order valence-electron chi connectivity index (χ4n) is 2.66. The van der Waals surface area contributed by atoms with Gasteiger partial charge in [0.15, 0.2) is 6.29 Å². The molecule has 0 bridgehead atoms. The van der Waals surface area contributed by atoms with Crippen molar-refractivity contribution in [1.29, 1.82) is 0 Å². The van der Waals surface area contributed by atoms with Gasteiger partial charge in [-0.25, -0.2) is 0 Å². The smallest absolute Gasteiger partial charge is 0.184 e. The monoisotopic (exact) mass is 310 g/mol. The molecule has 96 valence electrons. The molecule has 3 atom stereocenters. The Morgan fingerprint density at radius 1 is 1.56 bits per heavy atom. The van der Waals surface area contributed by atoms with E-state index >= 15 is 0 Å². The van der Waals surface area contributed by atoms with Gasteiger partial charge in [0.1, 0.15) is 11.9 Å². The quantitative estimate of drug-likeness (QED) is 0.688. The lowest BCUT2D eigenvalue weighted by Crippen LogP contribution is -2.12. The zero-order valence-corrected chi connectivity index (χ0v) is 11.7. The Hall–Kier alpha value is -0.840. The lowest BCUT2D eigenvalue weighted by molar-refractivity contribution is -0.0992. The van der Waals surface area contributed by atoms with E-state index in [9.17, 15) is 5.11 Å². The van der Waals surface area contributed by atoms with Crippen LogP contribution in [0.5, 0.6) is 5.75 Å². The van der Waals surface area contributed by atoms with Gasteiger partial charge in [-0.15, -0.1) is 0 Å². The molecule has 1 heterocycles. The molecule has 1 aliphatic carbocycles. The van der Waals surface area contributed by atoms with Gasteiger partial charge in [0.05, 0.1) is 5.56 Å². The zero-order valence-electron chi connectivity index (χ0n) is 10.1. The van der Waals surface area contributed by atoms with Gasteiger partial charge in [0.2, 0.25) is 0 Å². The number of halogens is 1. The van der Waals surface area contributed by atoms with Crippen molar-refractivity contribution in [2.45, 2.75) is 31.7 Å². The van der Waals surface area contributed by atoms with Crippen LogP contribution in [0.4, 0.5) is 0 Å². The first kappa shape index (κ1) is 12.2. The van der Waals surface area contributed by atoms with Crippen molar-refractivity contribution in [3.05, 3.63) is 39.9 Å². The van der Waals surface area contributed by atoms with Crippen LogP contribution in [0.25, 0.3) is 0 Å². The second kappa shape index (κ2) is 4.68. The van der Waals surface area contributed by atoms with E-state index in [0.717, 1.165) is 22.2 Å². The summed E-state index contributed by atoms with van der Waals surface area (Å²) < 4.78 is 12.2. The van der Waals surface area contributed by atoms with Crippen LogP contribution in [-0.4, -0.2) is 17.8 Å².